The molecule has 0 saturated heterocycles. The Bertz CT molecular complexity index is 1070. The van der Waals surface area contributed by atoms with Crippen LogP contribution in [0.5, 0.6) is 17.2 Å². The monoisotopic (exact) mass is 442 g/mol. The molecule has 0 atom stereocenters. The summed E-state index contributed by atoms with van der Waals surface area (Å²) in [5.74, 6) is 1.40. The quantitative estimate of drug-likeness (QED) is 0.481. The van der Waals surface area contributed by atoms with Crippen LogP contribution in [-0.2, 0) is 4.74 Å². The van der Waals surface area contributed by atoms with Crippen LogP contribution in [-0.4, -0.2) is 61.1 Å². The van der Waals surface area contributed by atoms with E-state index in [0.717, 1.165) is 17.5 Å². The van der Waals surface area contributed by atoms with Crippen molar-refractivity contribution < 1.29 is 23.7 Å². The van der Waals surface area contributed by atoms with E-state index in [4.69, 9.17) is 18.9 Å². The zero-order valence-corrected chi connectivity index (χ0v) is 19.4. The number of methoxy groups -OCH3 is 3. The minimum atomic E-state index is -0.189. The molecule has 0 unspecified atom stereocenters. The molecule has 0 bridgehead atoms. The number of fused-ring (bicyclic) bond motifs is 1. The van der Waals surface area contributed by atoms with Crippen LogP contribution in [0.3, 0.4) is 0 Å². The Morgan fingerprint density at radius 2 is 1.78 bits per heavy atom. The summed E-state index contributed by atoms with van der Waals surface area (Å²) in [7, 11) is 4.70. The lowest BCUT2D eigenvalue weighted by Crippen LogP contribution is -2.27. The molecule has 0 fully saturated rings. The number of hydrogen-bond donors (Lipinski definition) is 1. The smallest absolute Gasteiger partial charge is 0.254 e. The second-order valence-electron chi connectivity index (χ2n) is 7.49. The number of nitrogens with one attached hydrogen (secondary N) is 1. The highest BCUT2D eigenvalue weighted by atomic mass is 16.5. The molecule has 32 heavy (non-hydrogen) atoms. The largest absolute Gasteiger partial charge is 0.493 e. The van der Waals surface area contributed by atoms with Gasteiger partial charge < -0.3 is 24.3 Å². The molecule has 9 heteroatoms. The maximum atomic E-state index is 12.6. The minimum Gasteiger partial charge on any atom is -0.493 e. The Labute approximate surface area is 187 Å². The SMILES string of the molecule is COc1cc(-c2cnn3c(C)c(C(=O)NCCCOC(C)C)cnc23)cc(OC)c1OC. The number of aromatic nitrogens is 3. The van der Waals surface area contributed by atoms with Gasteiger partial charge in [0.05, 0.1) is 44.9 Å². The average Bonchev–Trinajstić information content (AvgIpc) is 3.22. The lowest BCUT2D eigenvalue weighted by atomic mass is 10.1. The molecule has 1 N–H and O–H groups in total. The normalized spacial score (nSPS) is 11.1. The Hall–Kier alpha value is -3.33. The van der Waals surface area contributed by atoms with Gasteiger partial charge in [-0.25, -0.2) is 9.50 Å². The van der Waals surface area contributed by atoms with Crippen molar-refractivity contribution in [1.29, 1.82) is 0 Å². The molecule has 0 saturated carbocycles. The first-order valence-corrected chi connectivity index (χ1v) is 10.4. The fraction of sp³-hybridized carbons (Fsp3) is 0.435. The number of amides is 1. The predicted molar refractivity (Wildman–Crippen MR) is 121 cm³/mol. The van der Waals surface area contributed by atoms with Gasteiger partial charge in [0, 0.05) is 24.9 Å². The average molecular weight is 443 g/mol. The maximum Gasteiger partial charge on any atom is 0.254 e. The topological polar surface area (TPSA) is 96.2 Å². The second kappa shape index (κ2) is 10.3. The third-order valence-electron chi connectivity index (χ3n) is 5.05. The van der Waals surface area contributed by atoms with Gasteiger partial charge in [-0.15, -0.1) is 0 Å². The molecule has 0 aliphatic heterocycles. The van der Waals surface area contributed by atoms with E-state index in [1.54, 1.807) is 38.2 Å². The number of aryl methyl sites for hydroxylation is 1. The van der Waals surface area contributed by atoms with Crippen molar-refractivity contribution in [1.82, 2.24) is 19.9 Å². The van der Waals surface area contributed by atoms with Crippen molar-refractivity contribution >= 4 is 11.6 Å². The van der Waals surface area contributed by atoms with Crippen molar-refractivity contribution in [3.63, 3.8) is 0 Å². The minimum absolute atomic E-state index is 0.180. The first-order chi connectivity index (χ1) is 15.4. The van der Waals surface area contributed by atoms with Crippen LogP contribution < -0.4 is 19.5 Å². The van der Waals surface area contributed by atoms with Crippen LogP contribution in [0, 0.1) is 6.92 Å². The molecular formula is C23H30N4O5. The van der Waals surface area contributed by atoms with Crippen molar-refractivity contribution in [2.24, 2.45) is 0 Å². The van der Waals surface area contributed by atoms with E-state index in [1.165, 1.54) is 0 Å². The Morgan fingerprint density at radius 3 is 2.38 bits per heavy atom. The van der Waals surface area contributed by atoms with Gasteiger partial charge in [0.15, 0.2) is 17.1 Å². The fourth-order valence-electron chi connectivity index (χ4n) is 3.40. The predicted octanol–water partition coefficient (Wildman–Crippen LogP) is 3.28. The van der Waals surface area contributed by atoms with Gasteiger partial charge in [-0.05, 0) is 44.9 Å². The van der Waals surface area contributed by atoms with Gasteiger partial charge >= 0.3 is 0 Å². The molecule has 2 aromatic heterocycles. The number of carbonyl (C=O) groups is 1. The van der Waals surface area contributed by atoms with Crippen molar-refractivity contribution in [2.75, 3.05) is 34.5 Å². The van der Waals surface area contributed by atoms with E-state index in [1.807, 2.05) is 32.9 Å². The maximum absolute atomic E-state index is 12.6. The molecule has 0 radical (unpaired) electrons. The van der Waals surface area contributed by atoms with E-state index in [0.29, 0.717) is 47.3 Å². The van der Waals surface area contributed by atoms with E-state index < -0.39 is 0 Å². The van der Waals surface area contributed by atoms with Crippen LogP contribution in [0.1, 0.15) is 36.3 Å². The van der Waals surface area contributed by atoms with E-state index in [9.17, 15) is 4.79 Å². The molecule has 2 heterocycles. The molecule has 0 aliphatic carbocycles. The summed E-state index contributed by atoms with van der Waals surface area (Å²) in [6.45, 7) is 6.94. The molecule has 1 aromatic carbocycles. The molecule has 0 spiro atoms. The first-order valence-electron chi connectivity index (χ1n) is 10.4. The molecule has 3 aromatic rings. The molecule has 0 aliphatic rings. The molecule has 9 nitrogen and oxygen atoms in total. The van der Waals surface area contributed by atoms with Gasteiger partial charge in [0.1, 0.15) is 0 Å². The van der Waals surface area contributed by atoms with Gasteiger partial charge in [-0.2, -0.15) is 5.10 Å². The zero-order valence-electron chi connectivity index (χ0n) is 19.4. The van der Waals surface area contributed by atoms with E-state index in [-0.39, 0.29) is 12.0 Å². The van der Waals surface area contributed by atoms with Crippen LogP contribution in [0.25, 0.3) is 16.8 Å². The van der Waals surface area contributed by atoms with Crippen LogP contribution >= 0.6 is 0 Å². The fourth-order valence-corrected chi connectivity index (χ4v) is 3.40. The van der Waals surface area contributed by atoms with Crippen LogP contribution in [0.4, 0.5) is 0 Å². The summed E-state index contributed by atoms with van der Waals surface area (Å²) in [5.41, 5.74) is 3.39. The molecule has 3 rings (SSSR count). The third kappa shape index (κ3) is 4.77. The van der Waals surface area contributed by atoms with E-state index >= 15 is 0 Å². The summed E-state index contributed by atoms with van der Waals surface area (Å²) in [6, 6.07) is 3.68. The molecule has 172 valence electrons. The van der Waals surface area contributed by atoms with Crippen molar-refractivity contribution in [3.8, 4) is 28.4 Å². The van der Waals surface area contributed by atoms with Gasteiger partial charge in [0.2, 0.25) is 5.75 Å². The summed E-state index contributed by atoms with van der Waals surface area (Å²) < 4.78 is 23.5. The van der Waals surface area contributed by atoms with Gasteiger partial charge in [0.25, 0.3) is 5.91 Å². The number of ether oxygens (including phenoxy) is 4. The van der Waals surface area contributed by atoms with Crippen molar-refractivity contribution in [3.05, 3.63) is 35.8 Å². The second-order valence-corrected chi connectivity index (χ2v) is 7.49. The first kappa shape index (κ1) is 23.3. The van der Waals surface area contributed by atoms with Gasteiger partial charge in [-0.3, -0.25) is 4.79 Å². The van der Waals surface area contributed by atoms with Crippen molar-refractivity contribution in [2.45, 2.75) is 33.3 Å². The van der Waals surface area contributed by atoms with Gasteiger partial charge in [-0.1, -0.05) is 0 Å². The molecule has 1 amide bonds. The number of hydrogen-bond acceptors (Lipinski definition) is 7. The Balaban J connectivity index is 1.87. The highest BCUT2D eigenvalue weighted by Crippen LogP contribution is 2.41. The number of nitrogens with zero attached hydrogens (tertiary/aromatic N) is 3. The molecular weight excluding hydrogens is 412 g/mol. The van der Waals surface area contributed by atoms with Crippen LogP contribution in [0.15, 0.2) is 24.5 Å². The zero-order chi connectivity index (χ0) is 23.3. The standard InChI is InChI=1S/C23H30N4O5/c1-14(2)32-9-7-8-24-23(28)17-12-25-22-18(13-26-27(22)15(17)3)16-10-19(29-4)21(31-6)20(11-16)30-5/h10-14H,7-9H2,1-6H3,(H,24,28). The lowest BCUT2D eigenvalue weighted by molar-refractivity contribution is 0.0757. The number of carbonyl (C=O) groups excluding carboxylic acids is 1. The Kier molecular flexibility index (Phi) is 7.53. The highest BCUT2D eigenvalue weighted by molar-refractivity contribution is 5.95. The lowest BCUT2D eigenvalue weighted by Gasteiger charge is -2.14. The number of rotatable bonds is 10. The summed E-state index contributed by atoms with van der Waals surface area (Å²) in [5, 5.41) is 7.37. The van der Waals surface area contributed by atoms with E-state index in [2.05, 4.69) is 15.4 Å². The Morgan fingerprint density at radius 1 is 1.09 bits per heavy atom. The highest BCUT2D eigenvalue weighted by Gasteiger charge is 2.19. The number of benzene rings is 1. The summed E-state index contributed by atoms with van der Waals surface area (Å²) in [4.78, 5) is 17.2. The third-order valence-corrected chi connectivity index (χ3v) is 5.05. The summed E-state index contributed by atoms with van der Waals surface area (Å²) in [6.07, 6.45) is 4.21. The van der Waals surface area contributed by atoms with Crippen LogP contribution in [0.2, 0.25) is 0 Å². The summed E-state index contributed by atoms with van der Waals surface area (Å²) >= 11 is 0.